The first-order valence-electron chi connectivity index (χ1n) is 5.53. The van der Waals surface area contributed by atoms with E-state index in [-0.39, 0.29) is 28.8 Å². The second kappa shape index (κ2) is 5.30. The summed E-state index contributed by atoms with van der Waals surface area (Å²) in [5.74, 6) is 0.189. The van der Waals surface area contributed by atoms with Gasteiger partial charge in [-0.2, -0.15) is 11.8 Å². The van der Waals surface area contributed by atoms with Crippen molar-refractivity contribution in [1.82, 2.24) is 0 Å². The normalized spacial score (nSPS) is 18.6. The number of amides is 1. The third kappa shape index (κ3) is 2.76. The average Bonchev–Trinajstić information content (AvgIpc) is 2.84. The zero-order chi connectivity index (χ0) is 13.1. The Bertz CT molecular complexity index is 483. The van der Waals surface area contributed by atoms with Gasteiger partial charge in [-0.3, -0.25) is 4.79 Å². The molecule has 2 rings (SSSR count). The lowest BCUT2D eigenvalue weighted by Gasteiger charge is -2.12. The number of carboxylic acids is 1. The maximum atomic E-state index is 11.9. The molecule has 1 fully saturated rings. The fraction of sp³-hybridized carbons (Fsp3) is 0.333. The molecule has 6 heteroatoms. The summed E-state index contributed by atoms with van der Waals surface area (Å²) < 4.78 is 0. The number of benzene rings is 1. The van der Waals surface area contributed by atoms with Crippen molar-refractivity contribution in [3.8, 4) is 5.75 Å². The molecule has 1 aromatic carbocycles. The molecule has 1 amide bonds. The Balaban J connectivity index is 2.17. The van der Waals surface area contributed by atoms with E-state index in [0.717, 1.165) is 24.0 Å². The van der Waals surface area contributed by atoms with Crippen LogP contribution >= 0.6 is 11.8 Å². The highest BCUT2D eigenvalue weighted by Gasteiger charge is 2.24. The summed E-state index contributed by atoms with van der Waals surface area (Å²) in [6, 6.07) is 3.88. The largest absolute Gasteiger partial charge is 0.508 e. The number of phenolic OH excluding ortho intramolecular Hbond substituents is 1. The van der Waals surface area contributed by atoms with Crippen LogP contribution in [0.1, 0.15) is 16.8 Å². The van der Waals surface area contributed by atoms with E-state index >= 15 is 0 Å². The number of aromatic hydroxyl groups is 1. The van der Waals surface area contributed by atoms with Gasteiger partial charge < -0.3 is 15.5 Å². The van der Waals surface area contributed by atoms with E-state index in [9.17, 15) is 14.7 Å². The molecule has 1 unspecified atom stereocenters. The van der Waals surface area contributed by atoms with E-state index in [0.29, 0.717) is 0 Å². The third-order valence-corrected chi connectivity index (χ3v) is 3.95. The topological polar surface area (TPSA) is 86.6 Å². The zero-order valence-corrected chi connectivity index (χ0v) is 10.4. The van der Waals surface area contributed by atoms with Gasteiger partial charge in [0.1, 0.15) is 5.75 Å². The number of hydrogen-bond acceptors (Lipinski definition) is 4. The highest BCUT2D eigenvalue weighted by atomic mass is 32.2. The second-order valence-electron chi connectivity index (χ2n) is 4.08. The molecule has 18 heavy (non-hydrogen) atoms. The molecule has 1 aromatic rings. The molecule has 0 spiro atoms. The molecule has 0 aromatic heterocycles. The van der Waals surface area contributed by atoms with E-state index in [2.05, 4.69) is 5.32 Å². The predicted molar refractivity (Wildman–Crippen MR) is 69.1 cm³/mol. The molecule has 1 atom stereocenters. The Morgan fingerprint density at radius 1 is 1.39 bits per heavy atom. The summed E-state index contributed by atoms with van der Waals surface area (Å²) in [4.78, 5) is 22.9. The lowest BCUT2D eigenvalue weighted by molar-refractivity contribution is -0.119. The Morgan fingerprint density at radius 3 is 2.78 bits per heavy atom. The van der Waals surface area contributed by atoms with Crippen LogP contribution in [0.2, 0.25) is 0 Å². The van der Waals surface area contributed by atoms with Crippen molar-refractivity contribution < 1.29 is 19.8 Å². The van der Waals surface area contributed by atoms with E-state index in [1.807, 2.05) is 0 Å². The minimum atomic E-state index is -1.18. The third-order valence-electron chi connectivity index (χ3n) is 2.79. The smallest absolute Gasteiger partial charge is 0.337 e. The number of thioether (sulfide) groups is 1. The molecule has 0 radical (unpaired) electrons. The number of rotatable bonds is 3. The second-order valence-corrected chi connectivity index (χ2v) is 5.23. The van der Waals surface area contributed by atoms with Crippen molar-refractivity contribution in [2.45, 2.75) is 6.42 Å². The first kappa shape index (κ1) is 12.8. The van der Waals surface area contributed by atoms with Crippen LogP contribution in [0.5, 0.6) is 5.75 Å². The Morgan fingerprint density at radius 2 is 2.17 bits per heavy atom. The van der Waals surface area contributed by atoms with Gasteiger partial charge in [-0.1, -0.05) is 0 Å². The van der Waals surface area contributed by atoms with Crippen molar-refractivity contribution >= 4 is 29.3 Å². The van der Waals surface area contributed by atoms with Crippen LogP contribution in [0.3, 0.4) is 0 Å². The van der Waals surface area contributed by atoms with Gasteiger partial charge in [-0.15, -0.1) is 0 Å². The Kier molecular flexibility index (Phi) is 3.76. The molecule has 0 saturated carbocycles. The number of phenols is 1. The van der Waals surface area contributed by atoms with E-state index in [1.165, 1.54) is 12.1 Å². The molecule has 0 bridgehead atoms. The van der Waals surface area contributed by atoms with Gasteiger partial charge in [0.25, 0.3) is 0 Å². The molecule has 3 N–H and O–H groups in total. The van der Waals surface area contributed by atoms with Crippen LogP contribution in [0.25, 0.3) is 0 Å². The summed E-state index contributed by atoms with van der Waals surface area (Å²) in [5.41, 5.74) is 0.121. The fourth-order valence-electron chi connectivity index (χ4n) is 1.79. The number of aromatic carboxylic acids is 1. The number of carbonyl (C=O) groups excluding carboxylic acids is 1. The lowest BCUT2D eigenvalue weighted by Crippen LogP contribution is -2.23. The number of carbonyl (C=O) groups is 2. The van der Waals surface area contributed by atoms with Crippen molar-refractivity contribution in [2.24, 2.45) is 5.92 Å². The zero-order valence-electron chi connectivity index (χ0n) is 9.55. The first-order valence-corrected chi connectivity index (χ1v) is 6.68. The van der Waals surface area contributed by atoms with Gasteiger partial charge in [0, 0.05) is 11.7 Å². The van der Waals surface area contributed by atoms with Crippen molar-refractivity contribution in [1.29, 1.82) is 0 Å². The van der Waals surface area contributed by atoms with Crippen LogP contribution in [0, 0.1) is 5.92 Å². The molecule has 1 saturated heterocycles. The maximum absolute atomic E-state index is 11.9. The fourth-order valence-corrected chi connectivity index (χ4v) is 3.01. The summed E-state index contributed by atoms with van der Waals surface area (Å²) in [7, 11) is 0. The standard InChI is InChI=1S/C12H13NO4S/c14-8-1-2-10(9(5-8)12(16)17)13-11(15)7-3-4-18-6-7/h1-2,5,7,14H,3-4,6H2,(H,13,15)(H,16,17). The van der Waals surface area contributed by atoms with Gasteiger partial charge in [0.05, 0.1) is 11.3 Å². The molecule has 5 nitrogen and oxygen atoms in total. The van der Waals surface area contributed by atoms with Crippen LogP contribution in [0.15, 0.2) is 18.2 Å². The molecular formula is C12H13NO4S. The van der Waals surface area contributed by atoms with Crippen LogP contribution in [0.4, 0.5) is 5.69 Å². The summed E-state index contributed by atoms with van der Waals surface area (Å²) in [5, 5.41) is 20.9. The highest BCUT2D eigenvalue weighted by molar-refractivity contribution is 7.99. The lowest BCUT2D eigenvalue weighted by atomic mass is 10.1. The molecular weight excluding hydrogens is 254 g/mol. The van der Waals surface area contributed by atoms with Crippen LogP contribution in [-0.4, -0.2) is 33.6 Å². The number of nitrogens with one attached hydrogen (secondary N) is 1. The van der Waals surface area contributed by atoms with Gasteiger partial charge in [0.2, 0.25) is 5.91 Å². The number of anilines is 1. The van der Waals surface area contributed by atoms with Gasteiger partial charge in [-0.25, -0.2) is 4.79 Å². The van der Waals surface area contributed by atoms with E-state index in [4.69, 9.17) is 5.11 Å². The number of carboxylic acid groups (broad SMARTS) is 1. The SMILES string of the molecule is O=C(O)c1cc(O)ccc1NC(=O)C1CCSC1. The summed E-state index contributed by atoms with van der Waals surface area (Å²) in [6.07, 6.45) is 0.816. The van der Waals surface area contributed by atoms with Gasteiger partial charge >= 0.3 is 5.97 Å². The van der Waals surface area contributed by atoms with E-state index < -0.39 is 5.97 Å². The van der Waals surface area contributed by atoms with Gasteiger partial charge in [0.15, 0.2) is 0 Å². The molecule has 0 aliphatic carbocycles. The van der Waals surface area contributed by atoms with Gasteiger partial charge in [-0.05, 0) is 30.4 Å². The summed E-state index contributed by atoms with van der Waals surface area (Å²) in [6.45, 7) is 0. The maximum Gasteiger partial charge on any atom is 0.337 e. The van der Waals surface area contributed by atoms with Crippen molar-refractivity contribution in [2.75, 3.05) is 16.8 Å². The Labute approximate surface area is 108 Å². The average molecular weight is 267 g/mol. The monoisotopic (exact) mass is 267 g/mol. The quantitative estimate of drug-likeness (QED) is 0.727. The number of hydrogen-bond donors (Lipinski definition) is 3. The molecule has 1 aliphatic heterocycles. The molecule has 1 aliphatic rings. The summed E-state index contributed by atoms with van der Waals surface area (Å²) >= 11 is 1.72. The molecule has 1 heterocycles. The van der Waals surface area contributed by atoms with Crippen LogP contribution in [-0.2, 0) is 4.79 Å². The minimum Gasteiger partial charge on any atom is -0.508 e. The van der Waals surface area contributed by atoms with Crippen molar-refractivity contribution in [3.05, 3.63) is 23.8 Å². The van der Waals surface area contributed by atoms with E-state index in [1.54, 1.807) is 11.8 Å². The van der Waals surface area contributed by atoms with Crippen LogP contribution < -0.4 is 5.32 Å². The Hall–Kier alpha value is -1.69. The molecule has 96 valence electrons. The highest BCUT2D eigenvalue weighted by Crippen LogP contribution is 2.26. The van der Waals surface area contributed by atoms with Crippen molar-refractivity contribution in [3.63, 3.8) is 0 Å². The minimum absolute atomic E-state index is 0.0644. The predicted octanol–water partition coefficient (Wildman–Crippen LogP) is 1.78. The first-order chi connectivity index (χ1) is 8.58.